The van der Waals surface area contributed by atoms with E-state index in [1.807, 2.05) is 22.8 Å². The quantitative estimate of drug-likeness (QED) is 0.722. The highest BCUT2D eigenvalue weighted by atomic mass is 15.2. The van der Waals surface area contributed by atoms with Crippen molar-refractivity contribution < 1.29 is 0 Å². The van der Waals surface area contributed by atoms with Crippen molar-refractivity contribution in [2.24, 2.45) is 0 Å². The second kappa shape index (κ2) is 4.33. The first-order valence-corrected chi connectivity index (χ1v) is 5.55. The second-order valence-electron chi connectivity index (χ2n) is 3.93. The minimum atomic E-state index is 0.447. The lowest BCUT2D eigenvalue weighted by molar-refractivity contribution is 0.799. The molecule has 3 aromatic rings. The van der Waals surface area contributed by atoms with Gasteiger partial charge in [-0.15, -0.1) is 0 Å². The number of hydrogen-bond acceptors (Lipinski definition) is 4. The third-order valence-corrected chi connectivity index (χ3v) is 2.70. The molecule has 0 saturated carbocycles. The van der Waals surface area contributed by atoms with Crippen LogP contribution in [0, 0.1) is 0 Å². The van der Waals surface area contributed by atoms with Gasteiger partial charge in [0.2, 0.25) is 0 Å². The molecule has 0 unspecified atom stereocenters. The Bertz CT molecular complexity index is 626. The molecule has 0 atom stereocenters. The molecule has 0 spiro atoms. The third-order valence-electron chi connectivity index (χ3n) is 2.70. The summed E-state index contributed by atoms with van der Waals surface area (Å²) < 4.78 is 1.95. The number of hydrogen-bond donors (Lipinski definition) is 2. The fourth-order valence-electron chi connectivity index (χ4n) is 1.87. The molecular weight excluding hydrogens is 228 g/mol. The fourth-order valence-corrected chi connectivity index (χ4v) is 1.87. The van der Waals surface area contributed by atoms with Crippen LogP contribution in [0.5, 0.6) is 0 Å². The highest BCUT2D eigenvalue weighted by Gasteiger charge is 2.13. The Balaban J connectivity index is 1.99. The lowest BCUT2D eigenvalue weighted by atomic mass is 10.2. The van der Waals surface area contributed by atoms with Crippen molar-refractivity contribution in [1.82, 2.24) is 24.7 Å². The number of imidazole rings is 1. The number of aromatic nitrogens is 5. The number of aromatic amines is 1. The molecule has 2 heterocycles. The first kappa shape index (κ1) is 10.5. The van der Waals surface area contributed by atoms with Crippen LogP contribution in [0.15, 0.2) is 43.0 Å². The number of nitrogens with zero attached hydrogens (tertiary/aromatic N) is 4. The van der Waals surface area contributed by atoms with E-state index in [4.69, 9.17) is 5.73 Å². The van der Waals surface area contributed by atoms with Gasteiger partial charge < -0.3 is 10.3 Å². The maximum Gasteiger partial charge on any atom is 0.176 e. The van der Waals surface area contributed by atoms with Gasteiger partial charge >= 0.3 is 0 Å². The maximum atomic E-state index is 5.87. The van der Waals surface area contributed by atoms with Crippen LogP contribution in [-0.2, 0) is 6.54 Å². The molecule has 3 rings (SSSR count). The normalized spacial score (nSPS) is 10.7. The summed E-state index contributed by atoms with van der Waals surface area (Å²) in [5.41, 5.74) is 7.80. The van der Waals surface area contributed by atoms with Gasteiger partial charge in [0.15, 0.2) is 11.6 Å². The van der Waals surface area contributed by atoms with Gasteiger partial charge in [-0.3, -0.25) is 5.10 Å². The molecule has 6 heteroatoms. The third kappa shape index (κ3) is 1.84. The monoisotopic (exact) mass is 240 g/mol. The Morgan fingerprint density at radius 1 is 1.17 bits per heavy atom. The summed E-state index contributed by atoms with van der Waals surface area (Å²) in [5, 5.41) is 6.64. The number of benzene rings is 1. The van der Waals surface area contributed by atoms with Crippen LogP contribution >= 0.6 is 0 Å². The number of rotatable bonds is 3. The van der Waals surface area contributed by atoms with Crippen molar-refractivity contribution in [3.8, 4) is 11.5 Å². The van der Waals surface area contributed by atoms with Gasteiger partial charge in [-0.1, -0.05) is 30.3 Å². The standard InChI is InChI=1S/C12H12N6/c13-11-10(12-14-7-16-17-12)18(8-15-11)6-9-4-2-1-3-5-9/h1-5,7-8H,6,13H2,(H,14,16,17). The zero-order chi connectivity index (χ0) is 12.4. The highest BCUT2D eigenvalue weighted by molar-refractivity contribution is 5.64. The average molecular weight is 240 g/mol. The molecular formula is C12H12N6. The van der Waals surface area contributed by atoms with Crippen LogP contribution in [0.4, 0.5) is 5.82 Å². The van der Waals surface area contributed by atoms with E-state index in [2.05, 4.69) is 32.3 Å². The smallest absolute Gasteiger partial charge is 0.176 e. The largest absolute Gasteiger partial charge is 0.382 e. The van der Waals surface area contributed by atoms with E-state index in [9.17, 15) is 0 Å². The molecule has 0 aliphatic rings. The molecule has 1 aromatic carbocycles. The first-order chi connectivity index (χ1) is 8.84. The lowest BCUT2D eigenvalue weighted by Gasteiger charge is -2.06. The molecule has 0 fully saturated rings. The summed E-state index contributed by atoms with van der Waals surface area (Å²) in [4.78, 5) is 8.24. The van der Waals surface area contributed by atoms with Gasteiger partial charge in [0.1, 0.15) is 12.0 Å². The van der Waals surface area contributed by atoms with E-state index in [-0.39, 0.29) is 0 Å². The minimum absolute atomic E-state index is 0.447. The minimum Gasteiger partial charge on any atom is -0.382 e. The molecule has 18 heavy (non-hydrogen) atoms. The van der Waals surface area contributed by atoms with Crippen LogP contribution in [0.25, 0.3) is 11.5 Å². The number of nitrogens with two attached hydrogens (primary N) is 1. The molecule has 0 bridgehead atoms. The molecule has 2 aromatic heterocycles. The maximum absolute atomic E-state index is 5.87. The van der Waals surface area contributed by atoms with E-state index in [0.29, 0.717) is 18.2 Å². The van der Waals surface area contributed by atoms with Crippen molar-refractivity contribution in [1.29, 1.82) is 0 Å². The Morgan fingerprint density at radius 3 is 2.72 bits per heavy atom. The highest BCUT2D eigenvalue weighted by Crippen LogP contribution is 2.21. The molecule has 0 aliphatic heterocycles. The molecule has 0 amide bonds. The van der Waals surface area contributed by atoms with E-state index in [0.717, 1.165) is 5.69 Å². The SMILES string of the molecule is Nc1ncn(Cc2ccccc2)c1-c1ncn[nH]1. The molecule has 0 saturated heterocycles. The Labute approximate surface area is 104 Å². The average Bonchev–Trinajstić information content (AvgIpc) is 3.01. The van der Waals surface area contributed by atoms with E-state index >= 15 is 0 Å². The number of H-pyrrole nitrogens is 1. The van der Waals surface area contributed by atoms with Gasteiger partial charge in [0.25, 0.3) is 0 Å². The van der Waals surface area contributed by atoms with E-state index in [1.54, 1.807) is 6.33 Å². The van der Waals surface area contributed by atoms with Crippen molar-refractivity contribution in [2.45, 2.75) is 6.54 Å². The fraction of sp³-hybridized carbons (Fsp3) is 0.0833. The van der Waals surface area contributed by atoms with Crippen molar-refractivity contribution in [3.63, 3.8) is 0 Å². The summed E-state index contributed by atoms with van der Waals surface area (Å²) in [7, 11) is 0. The van der Waals surface area contributed by atoms with Crippen LogP contribution in [0.3, 0.4) is 0 Å². The zero-order valence-corrected chi connectivity index (χ0v) is 9.61. The topological polar surface area (TPSA) is 85.4 Å². The van der Waals surface area contributed by atoms with Crippen molar-refractivity contribution in [3.05, 3.63) is 48.5 Å². The van der Waals surface area contributed by atoms with Gasteiger partial charge in [-0.2, -0.15) is 5.10 Å². The summed E-state index contributed by atoms with van der Waals surface area (Å²) in [5.74, 6) is 1.07. The number of nitrogens with one attached hydrogen (secondary N) is 1. The molecule has 0 radical (unpaired) electrons. The second-order valence-corrected chi connectivity index (χ2v) is 3.93. The first-order valence-electron chi connectivity index (χ1n) is 5.55. The van der Waals surface area contributed by atoms with Gasteiger partial charge in [-0.05, 0) is 5.56 Å². The summed E-state index contributed by atoms with van der Waals surface area (Å²) >= 11 is 0. The van der Waals surface area contributed by atoms with Crippen molar-refractivity contribution in [2.75, 3.05) is 5.73 Å². The Hall–Kier alpha value is -2.63. The summed E-state index contributed by atoms with van der Waals surface area (Å²) in [6, 6.07) is 10.1. The van der Waals surface area contributed by atoms with Crippen LogP contribution < -0.4 is 5.73 Å². The Kier molecular flexibility index (Phi) is 2.53. The zero-order valence-electron chi connectivity index (χ0n) is 9.61. The van der Waals surface area contributed by atoms with E-state index < -0.39 is 0 Å². The van der Waals surface area contributed by atoms with Gasteiger partial charge in [-0.25, -0.2) is 9.97 Å². The number of anilines is 1. The van der Waals surface area contributed by atoms with Gasteiger partial charge in [0, 0.05) is 6.54 Å². The van der Waals surface area contributed by atoms with Crippen LogP contribution in [0.1, 0.15) is 5.56 Å². The van der Waals surface area contributed by atoms with Crippen molar-refractivity contribution >= 4 is 5.82 Å². The van der Waals surface area contributed by atoms with E-state index in [1.165, 1.54) is 11.9 Å². The molecule has 90 valence electrons. The molecule has 3 N–H and O–H groups in total. The summed E-state index contributed by atoms with van der Waals surface area (Å²) in [6.45, 7) is 0.696. The lowest BCUT2D eigenvalue weighted by Crippen LogP contribution is -2.02. The molecule has 0 aliphatic carbocycles. The predicted molar refractivity (Wildman–Crippen MR) is 67.6 cm³/mol. The molecule has 6 nitrogen and oxygen atoms in total. The summed E-state index contributed by atoms with van der Waals surface area (Å²) in [6.07, 6.45) is 3.16. The Morgan fingerprint density at radius 2 is 2.00 bits per heavy atom. The van der Waals surface area contributed by atoms with Gasteiger partial charge in [0.05, 0.1) is 6.33 Å². The van der Waals surface area contributed by atoms with Crippen LogP contribution in [0.2, 0.25) is 0 Å². The van der Waals surface area contributed by atoms with Crippen LogP contribution in [-0.4, -0.2) is 24.7 Å². The number of nitrogen functional groups attached to an aromatic ring is 1. The predicted octanol–water partition coefficient (Wildman–Crippen LogP) is 1.30.